The highest BCUT2D eigenvalue weighted by atomic mass is 35.5. The number of pyridine rings is 1. The van der Waals surface area contributed by atoms with E-state index in [4.69, 9.17) is 16.0 Å². The summed E-state index contributed by atoms with van der Waals surface area (Å²) in [5.41, 5.74) is 0.982. The number of aryl methyl sites for hydroxylation is 1. The van der Waals surface area contributed by atoms with Gasteiger partial charge in [-0.1, -0.05) is 17.7 Å². The number of aliphatic hydroxyl groups excluding tert-OH is 1. The molecule has 1 saturated heterocycles. The molecule has 1 N–H and O–H groups in total. The second-order valence-electron chi connectivity index (χ2n) is 6.70. The number of likely N-dealkylation sites (tertiary alicyclic amines) is 1. The van der Waals surface area contributed by atoms with Gasteiger partial charge in [-0.05, 0) is 55.5 Å². The lowest BCUT2D eigenvalue weighted by atomic mass is 9.99. The topological polar surface area (TPSA) is 83.6 Å². The number of aromatic nitrogens is 1. The maximum atomic E-state index is 12.9. The van der Waals surface area contributed by atoms with Crippen molar-refractivity contribution in [3.63, 3.8) is 0 Å². The fraction of sp³-hybridized carbons (Fsp3) is 0.136. The minimum absolute atomic E-state index is 0.0254. The van der Waals surface area contributed by atoms with Crippen LogP contribution in [0.4, 0.5) is 0 Å². The molecule has 0 radical (unpaired) electrons. The van der Waals surface area contributed by atoms with Crippen molar-refractivity contribution in [1.29, 1.82) is 0 Å². The van der Waals surface area contributed by atoms with E-state index >= 15 is 0 Å². The zero-order chi connectivity index (χ0) is 20.5. The van der Waals surface area contributed by atoms with E-state index in [-0.39, 0.29) is 17.9 Å². The van der Waals surface area contributed by atoms with Gasteiger partial charge in [0, 0.05) is 16.8 Å². The molecule has 0 spiro atoms. The Balaban J connectivity index is 1.84. The molecule has 29 heavy (non-hydrogen) atoms. The summed E-state index contributed by atoms with van der Waals surface area (Å²) in [5.74, 6) is -0.733. The van der Waals surface area contributed by atoms with Gasteiger partial charge >= 0.3 is 0 Å². The Morgan fingerprint density at radius 1 is 1.14 bits per heavy atom. The third kappa shape index (κ3) is 3.54. The number of hydrogen-bond acceptors (Lipinski definition) is 5. The molecule has 6 nitrogen and oxygen atoms in total. The third-order valence-electron chi connectivity index (χ3n) is 4.75. The molecule has 1 aliphatic heterocycles. The number of furan rings is 1. The molecule has 0 saturated carbocycles. The van der Waals surface area contributed by atoms with Crippen LogP contribution in [0.15, 0.2) is 70.8 Å². The molecule has 146 valence electrons. The summed E-state index contributed by atoms with van der Waals surface area (Å²) in [7, 11) is 0. The van der Waals surface area contributed by atoms with E-state index in [1.54, 1.807) is 67.7 Å². The maximum Gasteiger partial charge on any atom is 0.296 e. The van der Waals surface area contributed by atoms with Crippen LogP contribution in [0.1, 0.15) is 28.8 Å². The van der Waals surface area contributed by atoms with Crippen molar-refractivity contribution in [3.05, 3.63) is 94.2 Å². The van der Waals surface area contributed by atoms with E-state index in [1.807, 2.05) is 0 Å². The second-order valence-corrected chi connectivity index (χ2v) is 7.14. The lowest BCUT2D eigenvalue weighted by molar-refractivity contribution is -0.140. The third-order valence-corrected chi connectivity index (χ3v) is 5.00. The number of rotatable bonds is 4. The lowest BCUT2D eigenvalue weighted by Crippen LogP contribution is -2.29. The van der Waals surface area contributed by atoms with Gasteiger partial charge in [0.25, 0.3) is 11.7 Å². The van der Waals surface area contributed by atoms with Gasteiger partial charge in [-0.2, -0.15) is 0 Å². The average Bonchev–Trinajstić information content (AvgIpc) is 3.25. The standard InChI is InChI=1S/C22H17ClN2O4/c1-13-5-10-17(29-13)19-18(20(26)14-6-8-15(23)9-7-14)21(27)22(28)25(19)12-16-4-2-3-11-24-16/h2-11,19,26H,12H2,1H3/b20-18-. The second kappa shape index (κ2) is 7.56. The van der Waals surface area contributed by atoms with Crippen LogP contribution in [-0.4, -0.2) is 26.7 Å². The first kappa shape index (κ1) is 19.0. The van der Waals surface area contributed by atoms with Crippen molar-refractivity contribution in [2.75, 3.05) is 0 Å². The summed E-state index contributed by atoms with van der Waals surface area (Å²) in [6.07, 6.45) is 1.62. The Morgan fingerprint density at radius 2 is 1.90 bits per heavy atom. The summed E-state index contributed by atoms with van der Waals surface area (Å²) in [6, 6.07) is 14.3. The molecule has 1 atom stereocenters. The van der Waals surface area contributed by atoms with E-state index < -0.39 is 17.7 Å². The molecule has 1 aliphatic rings. The van der Waals surface area contributed by atoms with Crippen molar-refractivity contribution in [2.45, 2.75) is 19.5 Å². The quantitative estimate of drug-likeness (QED) is 0.396. The van der Waals surface area contributed by atoms with Gasteiger partial charge in [0.15, 0.2) is 0 Å². The van der Waals surface area contributed by atoms with Crippen LogP contribution in [0.2, 0.25) is 5.02 Å². The van der Waals surface area contributed by atoms with Crippen LogP contribution in [-0.2, 0) is 16.1 Å². The van der Waals surface area contributed by atoms with E-state index in [9.17, 15) is 14.7 Å². The highest BCUT2D eigenvalue weighted by molar-refractivity contribution is 6.46. The van der Waals surface area contributed by atoms with Gasteiger partial charge < -0.3 is 14.4 Å². The number of hydrogen-bond donors (Lipinski definition) is 1. The van der Waals surface area contributed by atoms with Crippen molar-refractivity contribution in [2.24, 2.45) is 0 Å². The van der Waals surface area contributed by atoms with E-state index in [2.05, 4.69) is 4.98 Å². The first-order valence-corrected chi connectivity index (χ1v) is 9.34. The van der Waals surface area contributed by atoms with Crippen LogP contribution in [0.25, 0.3) is 5.76 Å². The van der Waals surface area contributed by atoms with Crippen molar-refractivity contribution < 1.29 is 19.1 Å². The average molecular weight is 409 g/mol. The molecular formula is C22H17ClN2O4. The Bertz CT molecular complexity index is 1100. The summed E-state index contributed by atoms with van der Waals surface area (Å²) >= 11 is 5.92. The van der Waals surface area contributed by atoms with Gasteiger partial charge in [-0.15, -0.1) is 0 Å². The SMILES string of the molecule is Cc1ccc(C2/C(=C(/O)c3ccc(Cl)cc3)C(=O)C(=O)N2Cc2ccccn2)o1. The molecule has 2 aromatic heterocycles. The number of nitrogens with zero attached hydrogens (tertiary/aromatic N) is 2. The van der Waals surface area contributed by atoms with Gasteiger partial charge in [0.05, 0.1) is 17.8 Å². The van der Waals surface area contributed by atoms with Crippen LogP contribution < -0.4 is 0 Å². The summed E-state index contributed by atoms with van der Waals surface area (Å²) in [5, 5.41) is 11.4. The zero-order valence-corrected chi connectivity index (χ0v) is 16.3. The smallest absolute Gasteiger partial charge is 0.296 e. The molecule has 3 aromatic rings. The molecule has 1 amide bonds. The fourth-order valence-corrected chi connectivity index (χ4v) is 3.49. The van der Waals surface area contributed by atoms with Gasteiger partial charge in [-0.3, -0.25) is 14.6 Å². The number of carbonyl (C=O) groups excluding carboxylic acids is 2. The monoisotopic (exact) mass is 408 g/mol. The maximum absolute atomic E-state index is 12.9. The van der Waals surface area contributed by atoms with Crippen LogP contribution in [0.5, 0.6) is 0 Å². The number of Topliss-reactive ketones (excluding diaryl/α,β-unsaturated/α-hetero) is 1. The predicted octanol–water partition coefficient (Wildman–Crippen LogP) is 4.26. The highest BCUT2D eigenvalue weighted by Gasteiger charge is 2.47. The Morgan fingerprint density at radius 3 is 2.52 bits per heavy atom. The molecule has 0 aliphatic carbocycles. The van der Waals surface area contributed by atoms with Gasteiger partial charge in [-0.25, -0.2) is 0 Å². The molecule has 3 heterocycles. The molecule has 4 rings (SSSR count). The first-order valence-electron chi connectivity index (χ1n) is 8.96. The largest absolute Gasteiger partial charge is 0.507 e. The lowest BCUT2D eigenvalue weighted by Gasteiger charge is -2.23. The highest BCUT2D eigenvalue weighted by Crippen LogP contribution is 2.40. The number of ketones is 1. The molecule has 7 heteroatoms. The number of amides is 1. The first-order chi connectivity index (χ1) is 14.0. The van der Waals surface area contributed by atoms with Crippen molar-refractivity contribution in [3.8, 4) is 0 Å². The minimum Gasteiger partial charge on any atom is -0.507 e. The number of aliphatic hydroxyl groups is 1. The zero-order valence-electron chi connectivity index (χ0n) is 15.5. The molecule has 1 unspecified atom stereocenters. The fourth-order valence-electron chi connectivity index (χ4n) is 3.37. The Labute approximate surface area is 172 Å². The normalized spacial score (nSPS) is 18.4. The van der Waals surface area contributed by atoms with Crippen LogP contribution >= 0.6 is 11.6 Å². The van der Waals surface area contributed by atoms with E-state index in [0.29, 0.717) is 27.8 Å². The van der Waals surface area contributed by atoms with Crippen LogP contribution in [0, 0.1) is 6.92 Å². The molecule has 1 aromatic carbocycles. The molecule has 0 bridgehead atoms. The van der Waals surface area contributed by atoms with Crippen molar-refractivity contribution >= 4 is 29.1 Å². The molecular weight excluding hydrogens is 392 g/mol. The van der Waals surface area contributed by atoms with Gasteiger partial charge in [0.2, 0.25) is 0 Å². The van der Waals surface area contributed by atoms with Crippen LogP contribution in [0.3, 0.4) is 0 Å². The van der Waals surface area contributed by atoms with E-state index in [0.717, 1.165) is 0 Å². The summed E-state index contributed by atoms with van der Waals surface area (Å²) in [4.78, 5) is 31.3. The predicted molar refractivity (Wildman–Crippen MR) is 107 cm³/mol. The van der Waals surface area contributed by atoms with Crippen molar-refractivity contribution in [1.82, 2.24) is 9.88 Å². The Hall–Kier alpha value is -3.38. The Kier molecular flexibility index (Phi) is 4.94. The van der Waals surface area contributed by atoms with Gasteiger partial charge in [0.1, 0.15) is 23.3 Å². The number of carbonyl (C=O) groups is 2. The number of halogens is 1. The van der Waals surface area contributed by atoms with E-state index in [1.165, 1.54) is 4.90 Å². The minimum atomic E-state index is -0.860. The number of benzene rings is 1. The summed E-state index contributed by atoms with van der Waals surface area (Å²) < 4.78 is 5.73. The summed E-state index contributed by atoms with van der Waals surface area (Å²) in [6.45, 7) is 1.88. The molecule has 1 fully saturated rings.